The van der Waals surface area contributed by atoms with E-state index in [1.807, 2.05) is 24.3 Å². The molecule has 10 heteroatoms. The van der Waals surface area contributed by atoms with Crippen LogP contribution in [0, 0.1) is 54.4 Å². The number of thiophene rings is 2. The van der Waals surface area contributed by atoms with Crippen molar-refractivity contribution < 1.29 is 18.9 Å². The van der Waals surface area contributed by atoms with Crippen LogP contribution in [0.2, 0.25) is 0 Å². The SMILES string of the molecule is N#CC(C#N)=c1cc2c(s1)=c1sc(=C(C#N)C#N)cc1C13OCCOC21OCCO3. The highest BCUT2D eigenvalue weighted by Gasteiger charge is 2.65. The van der Waals surface area contributed by atoms with Crippen LogP contribution in [-0.2, 0) is 30.5 Å². The van der Waals surface area contributed by atoms with Gasteiger partial charge in [0.2, 0.25) is 0 Å². The van der Waals surface area contributed by atoms with Gasteiger partial charge in [0.25, 0.3) is 11.6 Å². The summed E-state index contributed by atoms with van der Waals surface area (Å²) >= 11 is 2.52. The molecule has 0 atom stereocenters. The van der Waals surface area contributed by atoms with Crippen LogP contribution in [0.4, 0.5) is 0 Å². The average molecular weight is 434 g/mol. The van der Waals surface area contributed by atoms with Gasteiger partial charge >= 0.3 is 0 Å². The van der Waals surface area contributed by atoms with Crippen molar-refractivity contribution in [1.82, 2.24) is 0 Å². The highest BCUT2D eigenvalue weighted by molar-refractivity contribution is 7.11. The van der Waals surface area contributed by atoms with Crippen molar-refractivity contribution in [3.05, 3.63) is 41.4 Å². The fourth-order valence-corrected chi connectivity index (χ4v) is 6.44. The van der Waals surface area contributed by atoms with Gasteiger partial charge in [0.1, 0.15) is 35.4 Å². The van der Waals surface area contributed by atoms with E-state index in [1.165, 1.54) is 22.7 Å². The van der Waals surface area contributed by atoms with Gasteiger partial charge in [0.15, 0.2) is 0 Å². The molecular weight excluding hydrogens is 424 g/mol. The Labute approximate surface area is 177 Å². The first-order valence-electron chi connectivity index (χ1n) is 8.84. The van der Waals surface area contributed by atoms with E-state index in [4.69, 9.17) is 18.9 Å². The van der Waals surface area contributed by atoms with E-state index in [2.05, 4.69) is 0 Å². The molecule has 0 N–H and O–H groups in total. The van der Waals surface area contributed by atoms with Crippen LogP contribution in [0.15, 0.2) is 12.1 Å². The summed E-state index contributed by atoms with van der Waals surface area (Å²) in [6, 6.07) is 11.1. The second-order valence-corrected chi connectivity index (χ2v) is 8.64. The lowest BCUT2D eigenvalue weighted by molar-refractivity contribution is -0.483. The van der Waals surface area contributed by atoms with Crippen LogP contribution in [0.1, 0.15) is 11.1 Å². The van der Waals surface area contributed by atoms with Gasteiger partial charge in [0, 0.05) is 11.1 Å². The van der Waals surface area contributed by atoms with Crippen molar-refractivity contribution in [3.8, 4) is 24.3 Å². The summed E-state index contributed by atoms with van der Waals surface area (Å²) in [5, 5.41) is 37.4. The zero-order chi connectivity index (χ0) is 20.9. The number of rotatable bonds is 0. The molecule has 0 spiro atoms. The number of ether oxygens (including phenoxy) is 4. The summed E-state index contributed by atoms with van der Waals surface area (Å²) in [4.78, 5) is 0. The topological polar surface area (TPSA) is 132 Å². The minimum absolute atomic E-state index is 0.0236. The van der Waals surface area contributed by atoms with Crippen LogP contribution in [0.25, 0.3) is 11.1 Å². The number of nitriles is 4. The predicted molar refractivity (Wildman–Crippen MR) is 102 cm³/mol. The standard InChI is InChI=1S/C20H10N4O4S2/c21-7-11(8-22)15-5-13-17(29-15)18-14(6-16(30-18)12(9-23)10-24)20-19(13,25-1-2-26-20)27-3-4-28-20/h5-6H,1-4H2. The maximum Gasteiger partial charge on any atom is 0.257 e. The molecule has 2 aromatic heterocycles. The number of fused-ring (bicyclic) bond motifs is 2. The van der Waals surface area contributed by atoms with Crippen molar-refractivity contribution in [2.45, 2.75) is 11.6 Å². The monoisotopic (exact) mass is 434 g/mol. The summed E-state index contributed by atoms with van der Waals surface area (Å²) in [5.74, 6) is -2.82. The lowest BCUT2D eigenvalue weighted by Gasteiger charge is -2.54. The minimum atomic E-state index is -1.41. The Bertz CT molecular complexity index is 1320. The van der Waals surface area contributed by atoms with Crippen LogP contribution in [-0.4, -0.2) is 26.4 Å². The van der Waals surface area contributed by atoms with Crippen LogP contribution in [0.5, 0.6) is 0 Å². The molecule has 2 saturated heterocycles. The minimum Gasteiger partial charge on any atom is -0.339 e. The molecule has 0 saturated carbocycles. The Kier molecular flexibility index (Phi) is 4.25. The molecule has 146 valence electrons. The Balaban J connectivity index is 2.04. The quantitative estimate of drug-likeness (QED) is 0.597. The Morgan fingerprint density at radius 2 is 1.00 bits per heavy atom. The predicted octanol–water partition coefficient (Wildman–Crippen LogP) is 0.905. The number of hydrogen-bond donors (Lipinski definition) is 0. The molecule has 0 radical (unpaired) electrons. The van der Waals surface area contributed by atoms with Gasteiger partial charge in [-0.15, -0.1) is 22.7 Å². The van der Waals surface area contributed by atoms with Gasteiger partial charge in [-0.25, -0.2) is 0 Å². The molecule has 1 aliphatic carbocycles. The first-order chi connectivity index (χ1) is 14.6. The Morgan fingerprint density at radius 3 is 1.30 bits per heavy atom. The lowest BCUT2D eigenvalue weighted by Crippen LogP contribution is -2.63. The van der Waals surface area contributed by atoms with Gasteiger partial charge in [-0.3, -0.25) is 0 Å². The third-order valence-corrected chi connectivity index (χ3v) is 7.61. The number of nitrogens with zero attached hydrogens (tertiary/aromatic N) is 4. The third-order valence-electron chi connectivity index (χ3n) is 5.14. The molecular formula is C20H10N4O4S2. The fourth-order valence-electron chi connectivity index (χ4n) is 4.00. The zero-order valence-electron chi connectivity index (χ0n) is 15.2. The van der Waals surface area contributed by atoms with Crippen LogP contribution < -0.4 is 9.06 Å². The molecule has 0 amide bonds. The normalized spacial score (nSPS) is 25.7. The van der Waals surface area contributed by atoms with E-state index in [9.17, 15) is 21.0 Å². The van der Waals surface area contributed by atoms with Crippen molar-refractivity contribution in [2.24, 2.45) is 0 Å². The Morgan fingerprint density at radius 1 is 0.667 bits per heavy atom. The molecule has 0 bridgehead atoms. The summed E-state index contributed by atoms with van der Waals surface area (Å²) < 4.78 is 27.1. The second kappa shape index (κ2) is 6.74. The maximum atomic E-state index is 9.35. The first-order valence-corrected chi connectivity index (χ1v) is 10.5. The molecule has 2 aromatic rings. The molecule has 30 heavy (non-hydrogen) atoms. The molecule has 0 aromatic carbocycles. The molecule has 5 rings (SSSR count). The fraction of sp³-hybridized carbons (Fsp3) is 0.300. The molecule has 8 nitrogen and oxygen atoms in total. The van der Waals surface area contributed by atoms with Crippen LogP contribution >= 0.6 is 22.7 Å². The molecule has 0 unspecified atom stereocenters. The second-order valence-electron chi connectivity index (χ2n) is 6.53. The Hall–Kier alpha value is -3.06. The first kappa shape index (κ1) is 18.9. The van der Waals surface area contributed by atoms with Crippen LogP contribution in [0.3, 0.4) is 0 Å². The lowest BCUT2D eigenvalue weighted by atomic mass is 9.86. The van der Waals surface area contributed by atoms with Crippen molar-refractivity contribution in [1.29, 1.82) is 21.0 Å². The summed E-state index contributed by atoms with van der Waals surface area (Å²) in [6.45, 7) is 1.07. The van der Waals surface area contributed by atoms with Crippen molar-refractivity contribution in [2.75, 3.05) is 26.4 Å². The average Bonchev–Trinajstić information content (AvgIpc) is 3.41. The van der Waals surface area contributed by atoms with Gasteiger partial charge in [0.05, 0.1) is 44.6 Å². The van der Waals surface area contributed by atoms with Gasteiger partial charge in [-0.1, -0.05) is 0 Å². The van der Waals surface area contributed by atoms with Gasteiger partial charge in [-0.2, -0.15) is 21.0 Å². The van der Waals surface area contributed by atoms with E-state index < -0.39 is 11.6 Å². The number of hydrogen-bond acceptors (Lipinski definition) is 10. The molecule has 2 fully saturated rings. The van der Waals surface area contributed by atoms with E-state index in [1.54, 1.807) is 12.1 Å². The van der Waals surface area contributed by atoms with Crippen molar-refractivity contribution >= 4 is 33.8 Å². The smallest absolute Gasteiger partial charge is 0.257 e. The van der Waals surface area contributed by atoms with Crippen molar-refractivity contribution in [3.63, 3.8) is 0 Å². The van der Waals surface area contributed by atoms with E-state index in [-0.39, 0.29) is 37.6 Å². The van der Waals surface area contributed by atoms with E-state index in [0.717, 1.165) is 9.06 Å². The third kappa shape index (κ3) is 2.24. The molecule has 3 aliphatic rings. The summed E-state index contributed by atoms with van der Waals surface area (Å²) in [5.41, 5.74) is 1.18. The summed E-state index contributed by atoms with van der Waals surface area (Å²) in [6.07, 6.45) is 0. The maximum absolute atomic E-state index is 9.35. The molecule has 2 aliphatic heterocycles. The van der Waals surface area contributed by atoms with Gasteiger partial charge < -0.3 is 18.9 Å². The highest BCUT2D eigenvalue weighted by Crippen LogP contribution is 2.55. The van der Waals surface area contributed by atoms with E-state index >= 15 is 0 Å². The summed E-state index contributed by atoms with van der Waals surface area (Å²) in [7, 11) is 0. The largest absolute Gasteiger partial charge is 0.339 e. The zero-order valence-corrected chi connectivity index (χ0v) is 16.9. The highest BCUT2D eigenvalue weighted by atomic mass is 32.1. The molecule has 4 heterocycles. The van der Waals surface area contributed by atoms with E-state index in [0.29, 0.717) is 20.2 Å². The van der Waals surface area contributed by atoms with Gasteiger partial charge in [-0.05, 0) is 12.1 Å².